The van der Waals surface area contributed by atoms with Crippen molar-refractivity contribution in [2.75, 3.05) is 6.61 Å². The van der Waals surface area contributed by atoms with E-state index in [4.69, 9.17) is 9.47 Å². The van der Waals surface area contributed by atoms with Gasteiger partial charge in [-0.05, 0) is 84.3 Å². The van der Waals surface area contributed by atoms with Crippen LogP contribution in [0.25, 0.3) is 6.08 Å². The van der Waals surface area contributed by atoms with Crippen molar-refractivity contribution >= 4 is 50.5 Å². The maximum Gasteiger partial charge on any atom is 0.264 e. The third kappa shape index (κ3) is 6.52. The molecule has 0 unspecified atom stereocenters. The van der Waals surface area contributed by atoms with Crippen molar-refractivity contribution in [1.29, 1.82) is 0 Å². The number of aryl methyl sites for hydroxylation is 1. The van der Waals surface area contributed by atoms with Crippen LogP contribution < -0.4 is 14.8 Å². The van der Waals surface area contributed by atoms with Crippen molar-refractivity contribution in [3.8, 4) is 11.5 Å². The maximum absolute atomic E-state index is 13.5. The number of nitrogens with one attached hydrogen (secondary N) is 1. The summed E-state index contributed by atoms with van der Waals surface area (Å²) in [6.45, 7) is 4.62. The molecule has 3 aromatic rings. The second-order valence-electron chi connectivity index (χ2n) is 7.67. The first kappa shape index (κ1) is 25.0. The van der Waals surface area contributed by atoms with E-state index in [0.717, 1.165) is 22.1 Å². The van der Waals surface area contributed by atoms with Gasteiger partial charge in [-0.1, -0.05) is 47.1 Å². The van der Waals surface area contributed by atoms with Gasteiger partial charge < -0.3 is 14.8 Å². The molecule has 8 heteroatoms. The molecule has 1 aliphatic rings. The molecule has 1 heterocycles. The molecule has 1 N–H and O–H groups in total. The van der Waals surface area contributed by atoms with Crippen LogP contribution in [0.1, 0.15) is 30.5 Å². The number of hydrogen-bond donors (Lipinski definition) is 1. The lowest BCUT2D eigenvalue weighted by molar-refractivity contribution is -0.115. The number of thioether (sulfide) groups is 1. The third-order valence-electron chi connectivity index (χ3n) is 5.16. The fraction of sp³-hybridized carbons (Fsp3) is 0.185. The molecule has 0 aromatic heterocycles. The topological polar surface area (TPSA) is 59.9 Å². The Morgan fingerprint density at radius 1 is 1.03 bits per heavy atom. The molecule has 1 fully saturated rings. The largest absolute Gasteiger partial charge is 0.490 e. The zero-order valence-electron chi connectivity index (χ0n) is 19.3. The van der Waals surface area contributed by atoms with Gasteiger partial charge in [0.15, 0.2) is 16.7 Å². The Kier molecular flexibility index (Phi) is 8.25. The number of nitrogens with zero attached hydrogens (tertiary/aromatic N) is 1. The van der Waals surface area contributed by atoms with E-state index in [1.807, 2.05) is 37.3 Å². The summed E-state index contributed by atoms with van der Waals surface area (Å²) in [5, 5.41) is 3.35. The molecule has 180 valence electrons. The van der Waals surface area contributed by atoms with Crippen LogP contribution >= 0.6 is 27.7 Å². The summed E-state index contributed by atoms with van der Waals surface area (Å²) in [6.07, 6.45) is 2.74. The molecular weight excluding hydrogens is 531 g/mol. The molecule has 1 saturated heterocycles. The average Bonchev–Trinajstić information content (AvgIpc) is 3.19. The molecule has 3 aromatic carbocycles. The average molecular weight is 555 g/mol. The van der Waals surface area contributed by atoms with Crippen molar-refractivity contribution in [3.05, 3.63) is 92.5 Å². The van der Waals surface area contributed by atoms with Gasteiger partial charge in [-0.15, -0.1) is 0 Å². The molecule has 0 aliphatic carbocycles. The lowest BCUT2D eigenvalue weighted by Crippen LogP contribution is -2.19. The van der Waals surface area contributed by atoms with Gasteiger partial charge in [0.2, 0.25) is 0 Å². The predicted octanol–water partition coefficient (Wildman–Crippen LogP) is 7.02. The summed E-state index contributed by atoms with van der Waals surface area (Å²) in [4.78, 5) is 17.6. The molecule has 4 rings (SSSR count). The number of ether oxygens (including phenoxy) is 2. The van der Waals surface area contributed by atoms with Gasteiger partial charge in [-0.3, -0.25) is 4.79 Å². The molecule has 1 aliphatic heterocycles. The quantitative estimate of drug-likeness (QED) is 0.304. The number of carbonyl (C=O) groups is 1. The lowest BCUT2D eigenvalue weighted by atomic mass is 10.1. The van der Waals surface area contributed by atoms with Gasteiger partial charge in [0, 0.05) is 4.47 Å². The van der Waals surface area contributed by atoms with Crippen molar-refractivity contribution in [2.24, 2.45) is 4.99 Å². The van der Waals surface area contributed by atoms with Gasteiger partial charge in [0.25, 0.3) is 5.91 Å². The highest BCUT2D eigenvalue weighted by atomic mass is 79.9. The molecular formula is C27H24BrFN2O3S. The molecule has 0 bridgehead atoms. The zero-order chi connectivity index (χ0) is 24.8. The predicted molar refractivity (Wildman–Crippen MR) is 143 cm³/mol. The number of aliphatic imine (C=N–C) groups is 1. The molecule has 0 radical (unpaired) electrons. The number of amidine groups is 1. The Balaban J connectivity index is 1.54. The number of amides is 1. The molecule has 5 nitrogen and oxygen atoms in total. The Bertz CT molecular complexity index is 1290. The summed E-state index contributed by atoms with van der Waals surface area (Å²) < 4.78 is 25.9. The summed E-state index contributed by atoms with van der Waals surface area (Å²) in [5.41, 5.74) is 3.49. The first-order chi connectivity index (χ1) is 16.9. The van der Waals surface area contributed by atoms with Crippen LogP contribution in [0.3, 0.4) is 0 Å². The SMILES string of the molecule is CCOc1cc(/C=C2\SC(=Nc3ccc(CC)cc3)NC2=O)c(Br)cc1OCc1cccc(F)c1. The fourth-order valence-corrected chi connectivity index (χ4v) is 4.65. The molecule has 0 saturated carbocycles. The van der Waals surface area contributed by atoms with Gasteiger partial charge in [-0.25, -0.2) is 9.38 Å². The third-order valence-corrected chi connectivity index (χ3v) is 6.76. The minimum absolute atomic E-state index is 0.196. The summed E-state index contributed by atoms with van der Waals surface area (Å²) in [5.74, 6) is 0.529. The minimum Gasteiger partial charge on any atom is -0.490 e. The van der Waals surface area contributed by atoms with Crippen molar-refractivity contribution < 1.29 is 18.7 Å². The maximum atomic E-state index is 13.5. The standard InChI is InChI=1S/C27H24BrFN2O3S/c1-3-17-8-10-21(11-9-17)30-27-31-26(32)25(35-27)14-19-13-23(33-4-2)24(15-22(19)28)34-16-18-6-5-7-20(29)12-18/h5-15H,3-4,16H2,1-2H3,(H,30,31,32)/b25-14-. The highest BCUT2D eigenvalue weighted by Gasteiger charge is 2.24. The Morgan fingerprint density at radius 2 is 1.80 bits per heavy atom. The van der Waals surface area contributed by atoms with Crippen LogP contribution in [-0.2, 0) is 17.8 Å². The first-order valence-corrected chi connectivity index (χ1v) is 12.8. The van der Waals surface area contributed by atoms with Crippen LogP contribution in [-0.4, -0.2) is 17.7 Å². The number of benzene rings is 3. The van der Waals surface area contributed by atoms with Crippen LogP contribution in [0.15, 0.2) is 75.0 Å². The van der Waals surface area contributed by atoms with E-state index in [-0.39, 0.29) is 18.3 Å². The number of hydrogen-bond acceptors (Lipinski definition) is 5. The van der Waals surface area contributed by atoms with E-state index in [2.05, 4.69) is 33.2 Å². The first-order valence-electron chi connectivity index (χ1n) is 11.2. The van der Waals surface area contributed by atoms with Crippen molar-refractivity contribution in [1.82, 2.24) is 5.32 Å². The molecule has 0 spiro atoms. The van der Waals surface area contributed by atoms with Crippen LogP contribution in [0, 0.1) is 5.82 Å². The Morgan fingerprint density at radius 3 is 2.51 bits per heavy atom. The molecule has 1 amide bonds. The summed E-state index contributed by atoms with van der Waals surface area (Å²) in [7, 11) is 0. The van der Waals surface area contributed by atoms with E-state index >= 15 is 0 Å². The van der Waals surface area contributed by atoms with E-state index < -0.39 is 0 Å². The number of carbonyl (C=O) groups excluding carboxylic acids is 1. The lowest BCUT2D eigenvalue weighted by Gasteiger charge is -2.14. The van der Waals surface area contributed by atoms with E-state index in [1.165, 1.54) is 29.5 Å². The zero-order valence-corrected chi connectivity index (χ0v) is 21.7. The minimum atomic E-state index is -0.312. The molecule has 0 atom stereocenters. The van der Waals surface area contributed by atoms with Gasteiger partial charge >= 0.3 is 0 Å². The van der Waals surface area contributed by atoms with Crippen molar-refractivity contribution in [3.63, 3.8) is 0 Å². The highest BCUT2D eigenvalue weighted by molar-refractivity contribution is 9.10. The van der Waals surface area contributed by atoms with Crippen LogP contribution in [0.4, 0.5) is 10.1 Å². The smallest absolute Gasteiger partial charge is 0.264 e. The summed E-state index contributed by atoms with van der Waals surface area (Å²) >= 11 is 4.85. The Labute approximate surface area is 216 Å². The number of halogens is 2. The highest BCUT2D eigenvalue weighted by Crippen LogP contribution is 2.37. The summed E-state index contributed by atoms with van der Waals surface area (Å²) in [6, 6.07) is 17.8. The Hall–Kier alpha value is -3.10. The van der Waals surface area contributed by atoms with E-state index in [1.54, 1.807) is 24.3 Å². The van der Waals surface area contributed by atoms with Crippen LogP contribution in [0.2, 0.25) is 0 Å². The van der Waals surface area contributed by atoms with Crippen molar-refractivity contribution in [2.45, 2.75) is 26.9 Å². The van der Waals surface area contributed by atoms with E-state index in [9.17, 15) is 9.18 Å². The number of rotatable bonds is 8. The molecule has 35 heavy (non-hydrogen) atoms. The second-order valence-corrected chi connectivity index (χ2v) is 9.56. The van der Waals surface area contributed by atoms with Gasteiger partial charge in [0.05, 0.1) is 17.2 Å². The van der Waals surface area contributed by atoms with Crippen LogP contribution in [0.5, 0.6) is 11.5 Å². The fourth-order valence-electron chi connectivity index (χ4n) is 3.38. The van der Waals surface area contributed by atoms with Gasteiger partial charge in [0.1, 0.15) is 12.4 Å². The normalized spacial score (nSPS) is 15.5. The second kappa shape index (κ2) is 11.6. The van der Waals surface area contributed by atoms with Gasteiger partial charge in [-0.2, -0.15) is 0 Å². The monoisotopic (exact) mass is 554 g/mol. The van der Waals surface area contributed by atoms with E-state index in [0.29, 0.717) is 33.7 Å².